The van der Waals surface area contributed by atoms with Crippen molar-refractivity contribution in [3.05, 3.63) is 54.1 Å². The second kappa shape index (κ2) is 7.20. The number of benzene rings is 2. The maximum Gasteiger partial charge on any atom is 0.119 e. The first-order valence-electron chi connectivity index (χ1n) is 6.71. The fourth-order valence-corrected chi connectivity index (χ4v) is 1.89. The summed E-state index contributed by atoms with van der Waals surface area (Å²) in [7, 11) is 3.67. The van der Waals surface area contributed by atoms with Crippen LogP contribution in [0.25, 0.3) is 0 Å². The van der Waals surface area contributed by atoms with Crippen LogP contribution in [0.5, 0.6) is 11.5 Å². The Morgan fingerprint density at radius 3 is 2.19 bits per heavy atom. The molecule has 0 heterocycles. The third-order valence-corrected chi connectivity index (χ3v) is 3.19. The third kappa shape index (κ3) is 4.15. The van der Waals surface area contributed by atoms with Gasteiger partial charge in [-0.05, 0) is 48.5 Å². The summed E-state index contributed by atoms with van der Waals surface area (Å²) >= 11 is 0. The predicted octanol–water partition coefficient (Wildman–Crippen LogP) is 3.08. The first-order valence-corrected chi connectivity index (χ1v) is 6.71. The van der Waals surface area contributed by atoms with E-state index in [0.29, 0.717) is 12.2 Å². The minimum atomic E-state index is 0.578. The zero-order valence-corrected chi connectivity index (χ0v) is 12.2. The van der Waals surface area contributed by atoms with E-state index in [1.165, 1.54) is 0 Å². The van der Waals surface area contributed by atoms with Crippen molar-refractivity contribution in [1.82, 2.24) is 0 Å². The van der Waals surface area contributed by atoms with Gasteiger partial charge in [0.15, 0.2) is 0 Å². The Bertz CT molecular complexity index is 600. The average molecular weight is 282 g/mol. The van der Waals surface area contributed by atoms with Crippen molar-refractivity contribution in [3.63, 3.8) is 0 Å². The SMILES string of the molecule is COc1ccc(N(C)CCOc2ccc(C#N)cc2)cc1. The Morgan fingerprint density at radius 1 is 1.00 bits per heavy atom. The van der Waals surface area contributed by atoms with Crippen molar-refractivity contribution in [3.8, 4) is 17.6 Å². The van der Waals surface area contributed by atoms with Crippen LogP contribution in [0.3, 0.4) is 0 Å². The topological polar surface area (TPSA) is 45.5 Å². The van der Waals surface area contributed by atoms with E-state index >= 15 is 0 Å². The fraction of sp³-hybridized carbons (Fsp3) is 0.235. The van der Waals surface area contributed by atoms with Crippen molar-refractivity contribution < 1.29 is 9.47 Å². The number of hydrogen-bond donors (Lipinski definition) is 0. The Balaban J connectivity index is 1.82. The number of likely N-dealkylation sites (N-methyl/N-ethyl adjacent to an activating group) is 1. The van der Waals surface area contributed by atoms with Crippen LogP contribution in [-0.2, 0) is 0 Å². The molecular formula is C17H18N2O2. The van der Waals surface area contributed by atoms with E-state index in [1.54, 1.807) is 19.2 Å². The van der Waals surface area contributed by atoms with Crippen molar-refractivity contribution in [2.45, 2.75) is 0 Å². The monoisotopic (exact) mass is 282 g/mol. The summed E-state index contributed by atoms with van der Waals surface area (Å²) < 4.78 is 10.8. The van der Waals surface area contributed by atoms with E-state index in [4.69, 9.17) is 14.7 Å². The van der Waals surface area contributed by atoms with Gasteiger partial charge in [0.1, 0.15) is 18.1 Å². The van der Waals surface area contributed by atoms with Crippen LogP contribution in [0, 0.1) is 11.3 Å². The molecule has 0 radical (unpaired) electrons. The molecule has 2 rings (SSSR count). The summed E-state index contributed by atoms with van der Waals surface area (Å²) in [6.45, 7) is 1.35. The zero-order valence-electron chi connectivity index (χ0n) is 12.2. The van der Waals surface area contributed by atoms with E-state index in [1.807, 2.05) is 43.4 Å². The molecule has 2 aromatic rings. The summed E-state index contributed by atoms with van der Waals surface area (Å²) in [5.41, 5.74) is 1.75. The summed E-state index contributed by atoms with van der Waals surface area (Å²) in [6.07, 6.45) is 0. The fourth-order valence-electron chi connectivity index (χ4n) is 1.89. The highest BCUT2D eigenvalue weighted by molar-refractivity contribution is 5.48. The number of nitrogens with zero attached hydrogens (tertiary/aromatic N) is 2. The molecule has 0 aliphatic carbocycles. The highest BCUT2D eigenvalue weighted by atomic mass is 16.5. The standard InChI is InChI=1S/C17H18N2O2/c1-19(15-5-9-16(20-2)10-6-15)11-12-21-17-7-3-14(13-18)4-8-17/h3-10H,11-12H2,1-2H3. The Hall–Kier alpha value is -2.67. The van der Waals surface area contributed by atoms with Crippen LogP contribution in [0.15, 0.2) is 48.5 Å². The second-order valence-corrected chi connectivity index (χ2v) is 4.60. The Morgan fingerprint density at radius 2 is 1.62 bits per heavy atom. The molecule has 0 aromatic heterocycles. The molecule has 0 aliphatic rings. The number of hydrogen-bond acceptors (Lipinski definition) is 4. The molecule has 0 spiro atoms. The normalized spacial score (nSPS) is 9.76. The van der Waals surface area contributed by atoms with E-state index in [0.717, 1.165) is 23.7 Å². The van der Waals surface area contributed by atoms with Gasteiger partial charge in [-0.3, -0.25) is 0 Å². The highest BCUT2D eigenvalue weighted by Crippen LogP contribution is 2.18. The van der Waals surface area contributed by atoms with E-state index in [2.05, 4.69) is 11.0 Å². The van der Waals surface area contributed by atoms with Crippen LogP contribution >= 0.6 is 0 Å². The maximum absolute atomic E-state index is 8.73. The van der Waals surface area contributed by atoms with Gasteiger partial charge in [-0.1, -0.05) is 0 Å². The number of methoxy groups -OCH3 is 1. The van der Waals surface area contributed by atoms with Crippen molar-refractivity contribution in [2.75, 3.05) is 32.2 Å². The molecule has 108 valence electrons. The lowest BCUT2D eigenvalue weighted by molar-refractivity contribution is 0.326. The molecule has 2 aromatic carbocycles. The second-order valence-electron chi connectivity index (χ2n) is 4.60. The Labute approximate surface area is 125 Å². The van der Waals surface area contributed by atoms with Gasteiger partial charge in [0.25, 0.3) is 0 Å². The third-order valence-electron chi connectivity index (χ3n) is 3.19. The number of rotatable bonds is 6. The molecule has 0 atom stereocenters. The van der Waals surface area contributed by atoms with Crippen molar-refractivity contribution in [2.24, 2.45) is 0 Å². The average Bonchev–Trinajstić information content (AvgIpc) is 2.55. The molecule has 0 fully saturated rings. The van der Waals surface area contributed by atoms with Gasteiger partial charge in [-0.25, -0.2) is 0 Å². The molecule has 0 saturated heterocycles. The molecule has 0 aliphatic heterocycles. The molecule has 0 unspecified atom stereocenters. The summed E-state index contributed by atoms with van der Waals surface area (Å²) in [6, 6.07) is 17.1. The van der Waals surface area contributed by atoms with E-state index < -0.39 is 0 Å². The first kappa shape index (κ1) is 14.7. The Kier molecular flexibility index (Phi) is 5.05. The van der Waals surface area contributed by atoms with Gasteiger partial charge in [-0.15, -0.1) is 0 Å². The smallest absolute Gasteiger partial charge is 0.119 e. The molecule has 0 saturated carbocycles. The zero-order chi connectivity index (χ0) is 15.1. The minimum absolute atomic E-state index is 0.578. The number of nitriles is 1. The summed E-state index contributed by atoms with van der Waals surface area (Å²) in [5.74, 6) is 1.62. The summed E-state index contributed by atoms with van der Waals surface area (Å²) in [5, 5.41) is 8.73. The highest BCUT2D eigenvalue weighted by Gasteiger charge is 2.02. The van der Waals surface area contributed by atoms with Gasteiger partial charge < -0.3 is 14.4 Å². The van der Waals surface area contributed by atoms with Crippen LogP contribution < -0.4 is 14.4 Å². The number of ether oxygens (including phenoxy) is 2. The maximum atomic E-state index is 8.73. The van der Waals surface area contributed by atoms with Gasteiger partial charge in [0.2, 0.25) is 0 Å². The van der Waals surface area contributed by atoms with Gasteiger partial charge >= 0.3 is 0 Å². The van der Waals surface area contributed by atoms with Crippen molar-refractivity contribution in [1.29, 1.82) is 5.26 Å². The lowest BCUT2D eigenvalue weighted by atomic mass is 10.2. The van der Waals surface area contributed by atoms with Gasteiger partial charge in [0.05, 0.1) is 25.3 Å². The largest absolute Gasteiger partial charge is 0.497 e. The molecule has 21 heavy (non-hydrogen) atoms. The molecule has 4 heteroatoms. The number of anilines is 1. The van der Waals surface area contributed by atoms with Crippen LogP contribution in [0.2, 0.25) is 0 Å². The van der Waals surface area contributed by atoms with Gasteiger partial charge in [0, 0.05) is 12.7 Å². The van der Waals surface area contributed by atoms with Crippen LogP contribution in [0.4, 0.5) is 5.69 Å². The molecule has 4 nitrogen and oxygen atoms in total. The predicted molar refractivity (Wildman–Crippen MR) is 82.9 cm³/mol. The molecular weight excluding hydrogens is 264 g/mol. The lowest BCUT2D eigenvalue weighted by Gasteiger charge is -2.19. The quantitative estimate of drug-likeness (QED) is 0.816. The van der Waals surface area contributed by atoms with E-state index in [9.17, 15) is 0 Å². The van der Waals surface area contributed by atoms with Crippen LogP contribution in [-0.4, -0.2) is 27.3 Å². The van der Waals surface area contributed by atoms with Gasteiger partial charge in [-0.2, -0.15) is 5.26 Å². The molecule has 0 bridgehead atoms. The molecule has 0 N–H and O–H groups in total. The van der Waals surface area contributed by atoms with Crippen molar-refractivity contribution >= 4 is 5.69 Å². The van der Waals surface area contributed by atoms with Crippen LogP contribution in [0.1, 0.15) is 5.56 Å². The van der Waals surface area contributed by atoms with E-state index in [-0.39, 0.29) is 0 Å². The summed E-state index contributed by atoms with van der Waals surface area (Å²) in [4.78, 5) is 2.11. The minimum Gasteiger partial charge on any atom is -0.497 e. The molecule has 0 amide bonds. The first-order chi connectivity index (χ1) is 10.2. The lowest BCUT2D eigenvalue weighted by Crippen LogP contribution is -2.23.